The Balaban J connectivity index is 1.72. The Morgan fingerprint density at radius 1 is 1.42 bits per heavy atom. The fourth-order valence-electron chi connectivity index (χ4n) is 2.15. The van der Waals surface area contributed by atoms with E-state index in [4.69, 9.17) is 27.9 Å². The van der Waals surface area contributed by atoms with Crippen molar-refractivity contribution >= 4 is 29.1 Å². The summed E-state index contributed by atoms with van der Waals surface area (Å²) >= 11 is 11.9. The van der Waals surface area contributed by atoms with Crippen molar-refractivity contribution in [2.45, 2.75) is 31.8 Å². The Bertz CT molecular complexity index is 445. The van der Waals surface area contributed by atoms with Crippen molar-refractivity contribution in [2.75, 3.05) is 13.2 Å². The van der Waals surface area contributed by atoms with Gasteiger partial charge in [-0.05, 0) is 37.0 Å². The molecule has 1 N–H and O–H groups in total. The summed E-state index contributed by atoms with van der Waals surface area (Å²) in [6.45, 7) is 1.35. The molecule has 1 fully saturated rings. The van der Waals surface area contributed by atoms with Crippen LogP contribution in [-0.4, -0.2) is 25.2 Å². The second-order valence-electron chi connectivity index (χ2n) is 4.67. The molecule has 0 bridgehead atoms. The molecule has 3 nitrogen and oxygen atoms in total. The molecular weight excluding hydrogens is 285 g/mol. The lowest BCUT2D eigenvalue weighted by Crippen LogP contribution is -2.29. The largest absolute Gasteiger partial charge is 0.378 e. The lowest BCUT2D eigenvalue weighted by Gasteiger charge is -2.10. The quantitative estimate of drug-likeness (QED) is 0.907. The number of nitrogens with one attached hydrogen (secondary N) is 1. The molecule has 0 saturated carbocycles. The maximum atomic E-state index is 11.7. The number of hydrogen-bond acceptors (Lipinski definition) is 2. The summed E-state index contributed by atoms with van der Waals surface area (Å²) in [7, 11) is 0. The first-order valence-corrected chi connectivity index (χ1v) is 7.23. The Morgan fingerprint density at radius 3 is 2.95 bits per heavy atom. The minimum Gasteiger partial charge on any atom is -0.378 e. The summed E-state index contributed by atoms with van der Waals surface area (Å²) in [6, 6.07) is 5.40. The first kappa shape index (κ1) is 14.6. The average Bonchev–Trinajstić information content (AvgIpc) is 2.84. The van der Waals surface area contributed by atoms with Crippen LogP contribution in [0.15, 0.2) is 18.2 Å². The zero-order chi connectivity index (χ0) is 13.7. The molecule has 104 valence electrons. The predicted molar refractivity (Wildman–Crippen MR) is 76.8 cm³/mol. The van der Waals surface area contributed by atoms with E-state index in [1.54, 1.807) is 12.1 Å². The van der Waals surface area contributed by atoms with Crippen molar-refractivity contribution in [3.63, 3.8) is 0 Å². The Kier molecular flexibility index (Phi) is 5.49. The summed E-state index contributed by atoms with van der Waals surface area (Å²) in [4.78, 5) is 11.7. The van der Waals surface area contributed by atoms with Crippen molar-refractivity contribution in [2.24, 2.45) is 0 Å². The van der Waals surface area contributed by atoms with Crippen LogP contribution >= 0.6 is 23.2 Å². The molecule has 2 rings (SSSR count). The fraction of sp³-hybridized carbons (Fsp3) is 0.500. The van der Waals surface area contributed by atoms with E-state index in [0.717, 1.165) is 25.0 Å². The second kappa shape index (κ2) is 7.13. The van der Waals surface area contributed by atoms with Crippen molar-refractivity contribution in [3.05, 3.63) is 33.8 Å². The molecule has 1 aromatic carbocycles. The van der Waals surface area contributed by atoms with E-state index >= 15 is 0 Å². The minimum absolute atomic E-state index is 0.0389. The second-order valence-corrected chi connectivity index (χ2v) is 5.52. The monoisotopic (exact) mass is 301 g/mol. The molecule has 1 aromatic rings. The van der Waals surface area contributed by atoms with E-state index in [1.807, 2.05) is 6.07 Å². The summed E-state index contributed by atoms with van der Waals surface area (Å²) < 4.78 is 5.42. The van der Waals surface area contributed by atoms with E-state index in [-0.39, 0.29) is 12.0 Å². The highest BCUT2D eigenvalue weighted by Crippen LogP contribution is 2.21. The van der Waals surface area contributed by atoms with E-state index < -0.39 is 0 Å². The van der Waals surface area contributed by atoms with Gasteiger partial charge < -0.3 is 10.1 Å². The summed E-state index contributed by atoms with van der Waals surface area (Å²) in [6.07, 6.45) is 3.29. The van der Waals surface area contributed by atoms with Crippen LogP contribution in [0.3, 0.4) is 0 Å². The molecular formula is C14H17Cl2NO2. The minimum atomic E-state index is 0.0389. The highest BCUT2D eigenvalue weighted by Gasteiger charge is 2.18. The number of halogens is 2. The molecule has 0 aromatic heterocycles. The summed E-state index contributed by atoms with van der Waals surface area (Å²) in [5.41, 5.74) is 0.989. The maximum absolute atomic E-state index is 11.7. The highest BCUT2D eigenvalue weighted by atomic mass is 35.5. The first-order valence-electron chi connectivity index (χ1n) is 6.47. The van der Waals surface area contributed by atoms with E-state index in [9.17, 15) is 4.79 Å². The first-order chi connectivity index (χ1) is 9.15. The summed E-state index contributed by atoms with van der Waals surface area (Å²) in [5.74, 6) is 0.0389. The normalized spacial score (nSPS) is 18.5. The molecule has 5 heteroatoms. The molecule has 1 aliphatic heterocycles. The third kappa shape index (κ3) is 4.68. The highest BCUT2D eigenvalue weighted by molar-refractivity contribution is 6.35. The van der Waals surface area contributed by atoms with Crippen LogP contribution in [0.5, 0.6) is 0 Å². The molecule has 0 radical (unpaired) electrons. The SMILES string of the molecule is O=C(C[C@@H]1CCCO1)NCCc1ccc(Cl)cc1Cl. The van der Waals surface area contributed by atoms with E-state index in [0.29, 0.717) is 29.4 Å². The molecule has 19 heavy (non-hydrogen) atoms. The predicted octanol–water partition coefficient (Wildman–Crippen LogP) is 3.22. The van der Waals surface area contributed by atoms with Gasteiger partial charge in [0.1, 0.15) is 0 Å². The van der Waals surface area contributed by atoms with Crippen molar-refractivity contribution in [3.8, 4) is 0 Å². The number of hydrogen-bond donors (Lipinski definition) is 1. The van der Waals surface area contributed by atoms with Crippen LogP contribution < -0.4 is 5.32 Å². The van der Waals surface area contributed by atoms with Gasteiger partial charge in [-0.1, -0.05) is 29.3 Å². The van der Waals surface area contributed by atoms with Gasteiger partial charge in [0.25, 0.3) is 0 Å². The third-order valence-electron chi connectivity index (χ3n) is 3.17. The molecule has 1 aliphatic rings. The molecule has 1 amide bonds. The number of carbonyl (C=O) groups excluding carboxylic acids is 1. The maximum Gasteiger partial charge on any atom is 0.222 e. The molecule has 1 heterocycles. The fourth-order valence-corrected chi connectivity index (χ4v) is 2.65. The van der Waals surface area contributed by atoms with Gasteiger partial charge in [0.2, 0.25) is 5.91 Å². The number of ether oxygens (including phenoxy) is 1. The van der Waals surface area contributed by atoms with Gasteiger partial charge in [-0.25, -0.2) is 0 Å². The van der Waals surface area contributed by atoms with Gasteiger partial charge in [-0.15, -0.1) is 0 Å². The number of carbonyl (C=O) groups is 1. The zero-order valence-electron chi connectivity index (χ0n) is 10.6. The van der Waals surface area contributed by atoms with Gasteiger partial charge in [0.15, 0.2) is 0 Å². The molecule has 1 atom stereocenters. The van der Waals surface area contributed by atoms with Gasteiger partial charge in [-0.2, -0.15) is 0 Å². The van der Waals surface area contributed by atoms with E-state index in [1.165, 1.54) is 0 Å². The average molecular weight is 302 g/mol. The zero-order valence-corrected chi connectivity index (χ0v) is 12.1. The molecule has 1 saturated heterocycles. The standard InChI is InChI=1S/C14H17Cl2NO2/c15-11-4-3-10(13(16)8-11)5-6-17-14(18)9-12-2-1-7-19-12/h3-4,8,12H,1-2,5-7,9H2,(H,17,18)/t12-/m0/s1. The van der Waals surface area contributed by atoms with Crippen LogP contribution in [0.25, 0.3) is 0 Å². The van der Waals surface area contributed by atoms with Crippen LogP contribution in [0.2, 0.25) is 10.0 Å². The topological polar surface area (TPSA) is 38.3 Å². The number of amides is 1. The third-order valence-corrected chi connectivity index (χ3v) is 3.76. The van der Waals surface area contributed by atoms with Crippen LogP contribution in [-0.2, 0) is 16.0 Å². The lowest BCUT2D eigenvalue weighted by atomic mass is 10.1. The van der Waals surface area contributed by atoms with Gasteiger partial charge in [0, 0.05) is 23.2 Å². The van der Waals surface area contributed by atoms with Gasteiger partial charge in [0.05, 0.1) is 12.5 Å². The van der Waals surface area contributed by atoms with E-state index in [2.05, 4.69) is 5.32 Å². The van der Waals surface area contributed by atoms with Crippen molar-refractivity contribution in [1.29, 1.82) is 0 Å². The van der Waals surface area contributed by atoms with Gasteiger partial charge in [-0.3, -0.25) is 4.79 Å². The molecule has 0 unspecified atom stereocenters. The lowest BCUT2D eigenvalue weighted by molar-refractivity contribution is -0.123. The Labute approximate surface area is 123 Å². The molecule has 0 aliphatic carbocycles. The van der Waals surface area contributed by atoms with Crippen LogP contribution in [0.1, 0.15) is 24.8 Å². The summed E-state index contributed by atoms with van der Waals surface area (Å²) in [5, 5.41) is 4.15. The molecule has 0 spiro atoms. The Hall–Kier alpha value is -0.770. The number of benzene rings is 1. The smallest absolute Gasteiger partial charge is 0.222 e. The van der Waals surface area contributed by atoms with Crippen molar-refractivity contribution in [1.82, 2.24) is 5.32 Å². The van der Waals surface area contributed by atoms with Crippen LogP contribution in [0.4, 0.5) is 0 Å². The number of rotatable bonds is 5. The van der Waals surface area contributed by atoms with Crippen molar-refractivity contribution < 1.29 is 9.53 Å². The Morgan fingerprint density at radius 2 is 2.26 bits per heavy atom. The van der Waals surface area contributed by atoms with Gasteiger partial charge >= 0.3 is 0 Å². The van der Waals surface area contributed by atoms with Crippen LogP contribution in [0, 0.1) is 0 Å².